The van der Waals surface area contributed by atoms with Crippen LogP contribution in [0.1, 0.15) is 43.5 Å². The lowest BCUT2D eigenvalue weighted by Gasteiger charge is -2.39. The van der Waals surface area contributed by atoms with Crippen molar-refractivity contribution >= 4 is 23.2 Å². The smallest absolute Gasteiger partial charge is 0.254 e. The first-order valence-corrected chi connectivity index (χ1v) is 12.9. The second kappa shape index (κ2) is 9.72. The molecule has 1 atom stereocenters. The predicted molar refractivity (Wildman–Crippen MR) is 136 cm³/mol. The average Bonchev–Trinajstić information content (AvgIpc) is 3.33. The van der Waals surface area contributed by atoms with Crippen molar-refractivity contribution in [3.8, 4) is 0 Å². The van der Waals surface area contributed by atoms with E-state index in [9.17, 15) is 9.59 Å². The fraction of sp³-hybridized carbons (Fsp3) is 0.357. The fourth-order valence-corrected chi connectivity index (χ4v) is 6.12. The molecule has 0 bridgehead atoms. The van der Waals surface area contributed by atoms with Gasteiger partial charge in [0, 0.05) is 43.2 Å². The summed E-state index contributed by atoms with van der Waals surface area (Å²) >= 11 is 1.82. The van der Waals surface area contributed by atoms with Gasteiger partial charge in [0.1, 0.15) is 0 Å². The first-order valence-electron chi connectivity index (χ1n) is 12.0. The van der Waals surface area contributed by atoms with Gasteiger partial charge in [-0.25, -0.2) is 0 Å². The minimum Gasteiger partial charge on any atom is -0.338 e. The highest BCUT2D eigenvalue weighted by molar-refractivity contribution is 7.10. The Morgan fingerprint density at radius 2 is 1.50 bits per heavy atom. The van der Waals surface area contributed by atoms with Gasteiger partial charge in [0.2, 0.25) is 5.91 Å². The van der Waals surface area contributed by atoms with Crippen molar-refractivity contribution < 1.29 is 9.59 Å². The van der Waals surface area contributed by atoms with Gasteiger partial charge in [-0.15, -0.1) is 11.3 Å². The Morgan fingerprint density at radius 1 is 0.824 bits per heavy atom. The van der Waals surface area contributed by atoms with Gasteiger partial charge >= 0.3 is 0 Å². The summed E-state index contributed by atoms with van der Waals surface area (Å²) in [7, 11) is 0. The number of rotatable bonds is 4. The molecule has 3 aromatic rings. The molecular formula is C28H31N3O2S. The summed E-state index contributed by atoms with van der Waals surface area (Å²) in [6.45, 7) is 7.73. The highest BCUT2D eigenvalue weighted by atomic mass is 32.1. The summed E-state index contributed by atoms with van der Waals surface area (Å²) < 4.78 is 0. The molecule has 0 spiro atoms. The van der Waals surface area contributed by atoms with E-state index in [-0.39, 0.29) is 17.9 Å². The van der Waals surface area contributed by atoms with Gasteiger partial charge in [0.05, 0.1) is 12.6 Å². The molecule has 0 aliphatic carbocycles. The molecule has 1 fully saturated rings. The molecule has 6 heteroatoms. The number of thiophene rings is 1. The van der Waals surface area contributed by atoms with Crippen molar-refractivity contribution in [2.24, 2.45) is 0 Å². The number of amides is 2. The quantitative estimate of drug-likeness (QED) is 0.568. The second-order valence-electron chi connectivity index (χ2n) is 9.27. The van der Waals surface area contributed by atoms with Crippen LogP contribution in [0.25, 0.3) is 0 Å². The summed E-state index contributed by atoms with van der Waals surface area (Å²) in [5.74, 6) is 0.214. The Labute approximate surface area is 205 Å². The van der Waals surface area contributed by atoms with E-state index in [0.717, 1.165) is 24.1 Å². The van der Waals surface area contributed by atoms with Gasteiger partial charge < -0.3 is 9.80 Å². The van der Waals surface area contributed by atoms with E-state index in [1.807, 2.05) is 52.3 Å². The first kappa shape index (κ1) is 22.8. The number of hydrogen-bond acceptors (Lipinski definition) is 4. The molecule has 0 N–H and O–H groups in total. The third-order valence-electron chi connectivity index (χ3n) is 7.18. The van der Waals surface area contributed by atoms with Gasteiger partial charge in [0.15, 0.2) is 0 Å². The molecule has 176 valence electrons. The number of aryl methyl sites for hydroxylation is 2. The molecule has 5 nitrogen and oxygen atoms in total. The number of benzene rings is 2. The predicted octanol–water partition coefficient (Wildman–Crippen LogP) is 4.30. The van der Waals surface area contributed by atoms with Crippen molar-refractivity contribution in [1.29, 1.82) is 0 Å². The fourth-order valence-electron chi connectivity index (χ4n) is 5.21. The summed E-state index contributed by atoms with van der Waals surface area (Å²) in [6, 6.07) is 18.6. The third kappa shape index (κ3) is 4.40. The molecule has 0 radical (unpaired) electrons. The number of carbonyl (C=O) groups excluding carboxylic acids is 2. The van der Waals surface area contributed by atoms with E-state index in [1.54, 1.807) is 0 Å². The molecule has 0 saturated carbocycles. The Bertz CT molecular complexity index is 1200. The van der Waals surface area contributed by atoms with E-state index in [4.69, 9.17) is 0 Å². The molecule has 3 heterocycles. The van der Waals surface area contributed by atoms with E-state index < -0.39 is 0 Å². The van der Waals surface area contributed by atoms with Crippen LogP contribution in [-0.4, -0.2) is 65.8 Å². The van der Waals surface area contributed by atoms with E-state index >= 15 is 0 Å². The van der Waals surface area contributed by atoms with Crippen molar-refractivity contribution in [2.75, 3.05) is 39.3 Å². The maximum Gasteiger partial charge on any atom is 0.254 e. The highest BCUT2D eigenvalue weighted by Crippen LogP contribution is 2.38. The molecule has 5 rings (SSSR count). The topological polar surface area (TPSA) is 43.9 Å². The normalized spacial score (nSPS) is 18.6. The third-order valence-corrected chi connectivity index (χ3v) is 8.18. The van der Waals surface area contributed by atoms with Gasteiger partial charge in [-0.05, 0) is 60.0 Å². The summed E-state index contributed by atoms with van der Waals surface area (Å²) in [4.78, 5) is 33.9. The second-order valence-corrected chi connectivity index (χ2v) is 10.3. The van der Waals surface area contributed by atoms with Crippen LogP contribution in [0.5, 0.6) is 0 Å². The number of carbonyl (C=O) groups is 2. The van der Waals surface area contributed by atoms with Crippen LogP contribution in [0.3, 0.4) is 0 Å². The minimum absolute atomic E-state index is 0.0610. The molecule has 0 unspecified atom stereocenters. The van der Waals surface area contributed by atoms with Crippen LogP contribution in [-0.2, 0) is 11.2 Å². The van der Waals surface area contributed by atoms with Crippen molar-refractivity contribution in [2.45, 2.75) is 26.3 Å². The van der Waals surface area contributed by atoms with Gasteiger partial charge in [-0.2, -0.15) is 0 Å². The van der Waals surface area contributed by atoms with Crippen LogP contribution in [0.4, 0.5) is 0 Å². The molecule has 2 aliphatic rings. The van der Waals surface area contributed by atoms with Gasteiger partial charge in [-0.1, -0.05) is 42.5 Å². The van der Waals surface area contributed by atoms with Crippen LogP contribution in [0.2, 0.25) is 0 Å². The molecule has 2 amide bonds. The van der Waals surface area contributed by atoms with Crippen molar-refractivity contribution in [1.82, 2.24) is 14.7 Å². The van der Waals surface area contributed by atoms with Gasteiger partial charge in [-0.3, -0.25) is 14.5 Å². The number of nitrogens with zero attached hydrogens (tertiary/aromatic N) is 3. The number of fused-ring (bicyclic) bond motifs is 1. The lowest BCUT2D eigenvalue weighted by atomic mass is 9.90. The largest absolute Gasteiger partial charge is 0.338 e. The average molecular weight is 474 g/mol. The van der Waals surface area contributed by atoms with Gasteiger partial charge in [0.25, 0.3) is 5.91 Å². The van der Waals surface area contributed by atoms with Crippen LogP contribution >= 0.6 is 11.3 Å². The maximum atomic E-state index is 13.4. The Kier molecular flexibility index (Phi) is 6.53. The van der Waals surface area contributed by atoms with Crippen LogP contribution in [0, 0.1) is 13.8 Å². The standard InChI is InChI=1S/C28H31N3O2S/c1-20-7-3-5-9-22(20)27-24-12-18-34-25(24)11-13-31(27)19-26(32)29-14-16-30(17-15-29)28(33)23-10-6-4-8-21(23)2/h3-10,12,18,27H,11,13-17,19H2,1-2H3/t27-/m0/s1. The zero-order valence-corrected chi connectivity index (χ0v) is 20.7. The highest BCUT2D eigenvalue weighted by Gasteiger charge is 2.33. The number of piperazine rings is 1. The Hall–Kier alpha value is -2.96. The maximum absolute atomic E-state index is 13.4. The Balaban J connectivity index is 1.27. The SMILES string of the molecule is Cc1ccccc1C(=O)N1CCN(C(=O)CN2CCc3sccc3[C@@H]2c2ccccc2C)CC1. The molecule has 1 saturated heterocycles. The van der Waals surface area contributed by atoms with Crippen molar-refractivity contribution in [3.05, 3.63) is 92.7 Å². The lowest BCUT2D eigenvalue weighted by Crippen LogP contribution is -2.53. The van der Waals surface area contributed by atoms with E-state index in [1.165, 1.54) is 21.6 Å². The van der Waals surface area contributed by atoms with Crippen molar-refractivity contribution in [3.63, 3.8) is 0 Å². The minimum atomic E-state index is 0.0610. The first-order chi connectivity index (χ1) is 16.5. The molecule has 1 aromatic heterocycles. The molecule has 2 aliphatic heterocycles. The molecular weight excluding hydrogens is 442 g/mol. The number of hydrogen-bond donors (Lipinski definition) is 0. The van der Waals surface area contributed by atoms with E-state index in [2.05, 4.69) is 47.5 Å². The lowest BCUT2D eigenvalue weighted by molar-refractivity contribution is -0.134. The van der Waals surface area contributed by atoms with E-state index in [0.29, 0.717) is 32.7 Å². The summed E-state index contributed by atoms with van der Waals surface area (Å²) in [6.07, 6.45) is 0.987. The zero-order valence-electron chi connectivity index (χ0n) is 19.9. The molecule has 2 aromatic carbocycles. The monoisotopic (exact) mass is 473 g/mol. The van der Waals surface area contributed by atoms with Crippen LogP contribution in [0.15, 0.2) is 60.0 Å². The zero-order chi connectivity index (χ0) is 23.7. The Morgan fingerprint density at radius 3 is 2.24 bits per heavy atom. The summed E-state index contributed by atoms with van der Waals surface area (Å²) in [5, 5.41) is 2.17. The summed E-state index contributed by atoms with van der Waals surface area (Å²) in [5.41, 5.74) is 5.62. The molecule has 34 heavy (non-hydrogen) atoms. The van der Waals surface area contributed by atoms with Crippen LogP contribution < -0.4 is 0 Å².